The van der Waals surface area contributed by atoms with Crippen molar-refractivity contribution in [1.82, 2.24) is 9.47 Å². The first kappa shape index (κ1) is 14.3. The number of pyridine rings is 1. The third-order valence-electron chi connectivity index (χ3n) is 3.86. The number of rotatable bonds is 2. The number of halogens is 1. The van der Waals surface area contributed by atoms with Crippen LogP contribution in [0.15, 0.2) is 35.1 Å². The van der Waals surface area contributed by atoms with Crippen molar-refractivity contribution in [3.8, 4) is 5.75 Å². The fraction of sp³-hybridized carbons (Fsp3) is 0.250. The summed E-state index contributed by atoms with van der Waals surface area (Å²) in [6.07, 6.45) is 0. The lowest BCUT2D eigenvalue weighted by Crippen LogP contribution is -2.41. The van der Waals surface area contributed by atoms with Crippen molar-refractivity contribution in [2.45, 2.75) is 20.0 Å². The predicted molar refractivity (Wildman–Crippen MR) is 78.2 cm³/mol. The van der Waals surface area contributed by atoms with Gasteiger partial charge in [0, 0.05) is 31.4 Å². The summed E-state index contributed by atoms with van der Waals surface area (Å²) in [6.45, 7) is 3.00. The van der Waals surface area contributed by atoms with E-state index >= 15 is 0 Å². The summed E-state index contributed by atoms with van der Waals surface area (Å²) in [5, 5.41) is 9.93. The summed E-state index contributed by atoms with van der Waals surface area (Å²) in [7, 11) is 0. The molecule has 1 aliphatic heterocycles. The van der Waals surface area contributed by atoms with Crippen molar-refractivity contribution < 1.29 is 14.3 Å². The molecule has 0 fully saturated rings. The molecular formula is C16H15FN2O3. The molecule has 0 spiro atoms. The van der Waals surface area contributed by atoms with E-state index in [0.717, 1.165) is 5.56 Å². The largest absolute Gasteiger partial charge is 0.503 e. The zero-order chi connectivity index (χ0) is 15.9. The van der Waals surface area contributed by atoms with Gasteiger partial charge in [-0.3, -0.25) is 9.59 Å². The van der Waals surface area contributed by atoms with Gasteiger partial charge >= 0.3 is 0 Å². The molecule has 1 aromatic heterocycles. The molecule has 3 rings (SSSR count). The van der Waals surface area contributed by atoms with E-state index in [4.69, 9.17) is 0 Å². The highest BCUT2D eigenvalue weighted by Crippen LogP contribution is 2.22. The van der Waals surface area contributed by atoms with E-state index in [9.17, 15) is 19.1 Å². The second-order valence-corrected chi connectivity index (χ2v) is 5.35. The van der Waals surface area contributed by atoms with Crippen LogP contribution in [0.4, 0.5) is 4.39 Å². The molecule has 2 heterocycles. The number of aryl methyl sites for hydroxylation is 1. The Labute approximate surface area is 126 Å². The number of fused-ring (bicyclic) bond motifs is 1. The molecule has 1 aliphatic rings. The maximum atomic E-state index is 12.9. The first-order valence-electron chi connectivity index (χ1n) is 6.94. The predicted octanol–water partition coefficient (Wildman–Crippen LogP) is 1.66. The molecule has 5 nitrogen and oxygen atoms in total. The van der Waals surface area contributed by atoms with Gasteiger partial charge in [-0.1, -0.05) is 12.1 Å². The summed E-state index contributed by atoms with van der Waals surface area (Å²) in [4.78, 5) is 25.8. The van der Waals surface area contributed by atoms with Crippen LogP contribution in [0.5, 0.6) is 5.75 Å². The Kier molecular flexibility index (Phi) is 3.44. The Hall–Kier alpha value is -2.63. The summed E-state index contributed by atoms with van der Waals surface area (Å²) in [5.74, 6) is -1.24. The molecule has 0 saturated carbocycles. The van der Waals surface area contributed by atoms with Gasteiger partial charge < -0.3 is 14.6 Å². The van der Waals surface area contributed by atoms with Crippen LogP contribution in [0.2, 0.25) is 0 Å². The van der Waals surface area contributed by atoms with Crippen molar-refractivity contribution in [2.75, 3.05) is 6.54 Å². The van der Waals surface area contributed by atoms with Gasteiger partial charge in [0.05, 0.1) is 0 Å². The van der Waals surface area contributed by atoms with Crippen molar-refractivity contribution >= 4 is 5.91 Å². The maximum absolute atomic E-state index is 12.9. The van der Waals surface area contributed by atoms with Gasteiger partial charge in [0.15, 0.2) is 11.4 Å². The van der Waals surface area contributed by atoms with Crippen molar-refractivity contribution in [3.63, 3.8) is 0 Å². The standard InChI is InChI=1S/C16H15FN2O3/c1-10-8-13(20)15(21)14-16(22)18(6-7-19(10)14)9-11-2-4-12(17)5-3-11/h2-5,8,21H,6-7,9H2,1H3. The molecule has 1 aromatic carbocycles. The van der Waals surface area contributed by atoms with Crippen LogP contribution in [-0.4, -0.2) is 27.0 Å². The van der Waals surface area contributed by atoms with Crippen molar-refractivity contribution in [3.05, 3.63) is 63.3 Å². The molecule has 114 valence electrons. The molecule has 0 aliphatic carbocycles. The van der Waals surface area contributed by atoms with Gasteiger partial charge in [0.2, 0.25) is 5.43 Å². The second kappa shape index (κ2) is 5.29. The number of benzene rings is 1. The van der Waals surface area contributed by atoms with Gasteiger partial charge in [-0.25, -0.2) is 4.39 Å². The molecule has 1 N–H and O–H groups in total. The molecule has 0 bridgehead atoms. The normalized spacial score (nSPS) is 14.1. The number of aromatic nitrogens is 1. The fourth-order valence-corrected chi connectivity index (χ4v) is 2.69. The van der Waals surface area contributed by atoms with Crippen molar-refractivity contribution in [2.24, 2.45) is 0 Å². The first-order chi connectivity index (χ1) is 10.5. The van der Waals surface area contributed by atoms with E-state index in [1.165, 1.54) is 18.2 Å². The molecule has 22 heavy (non-hydrogen) atoms. The van der Waals surface area contributed by atoms with Crippen LogP contribution < -0.4 is 5.43 Å². The summed E-state index contributed by atoms with van der Waals surface area (Å²) in [5.41, 5.74) is 0.907. The Balaban J connectivity index is 1.94. The number of nitrogens with zero attached hydrogens (tertiary/aromatic N) is 2. The third kappa shape index (κ3) is 2.36. The first-order valence-corrected chi connectivity index (χ1v) is 6.94. The zero-order valence-electron chi connectivity index (χ0n) is 12.0. The van der Waals surface area contributed by atoms with Gasteiger partial charge in [-0.15, -0.1) is 0 Å². The number of hydrogen-bond acceptors (Lipinski definition) is 3. The Morgan fingerprint density at radius 2 is 1.86 bits per heavy atom. The van der Waals surface area contributed by atoms with E-state index in [2.05, 4.69) is 0 Å². The van der Waals surface area contributed by atoms with E-state index in [0.29, 0.717) is 25.3 Å². The second-order valence-electron chi connectivity index (χ2n) is 5.35. The lowest BCUT2D eigenvalue weighted by atomic mass is 10.1. The number of hydrogen-bond donors (Lipinski definition) is 1. The average molecular weight is 302 g/mol. The zero-order valence-corrected chi connectivity index (χ0v) is 12.0. The Morgan fingerprint density at radius 1 is 1.18 bits per heavy atom. The van der Waals surface area contributed by atoms with Crippen LogP contribution in [0.1, 0.15) is 21.7 Å². The minimum atomic E-state index is -0.555. The molecular weight excluding hydrogens is 287 g/mol. The van der Waals surface area contributed by atoms with Gasteiger partial charge in [-0.05, 0) is 24.6 Å². The molecule has 2 aromatic rings. The third-order valence-corrected chi connectivity index (χ3v) is 3.86. The Morgan fingerprint density at radius 3 is 2.55 bits per heavy atom. The number of carbonyl (C=O) groups excluding carboxylic acids is 1. The molecule has 0 radical (unpaired) electrons. The highest BCUT2D eigenvalue weighted by molar-refractivity contribution is 5.95. The van der Waals surface area contributed by atoms with Crippen molar-refractivity contribution in [1.29, 1.82) is 0 Å². The van der Waals surface area contributed by atoms with Gasteiger partial charge in [0.1, 0.15) is 5.82 Å². The number of carbonyl (C=O) groups is 1. The van der Waals surface area contributed by atoms with E-state index < -0.39 is 17.1 Å². The summed E-state index contributed by atoms with van der Waals surface area (Å²) >= 11 is 0. The van der Waals surface area contributed by atoms with Crippen LogP contribution in [0.3, 0.4) is 0 Å². The van der Waals surface area contributed by atoms with Crippen LogP contribution in [0, 0.1) is 12.7 Å². The Bertz CT molecular complexity index is 796. The molecule has 0 saturated heterocycles. The molecule has 1 amide bonds. The van der Waals surface area contributed by atoms with Gasteiger partial charge in [-0.2, -0.15) is 0 Å². The number of aromatic hydroxyl groups is 1. The molecule has 0 unspecified atom stereocenters. The SMILES string of the molecule is Cc1cc(=O)c(O)c2n1CCN(Cc1ccc(F)cc1)C2=O. The minimum absolute atomic E-state index is 0.0263. The van der Waals surface area contributed by atoms with Crippen LogP contribution in [0.25, 0.3) is 0 Å². The lowest BCUT2D eigenvalue weighted by Gasteiger charge is -2.31. The van der Waals surface area contributed by atoms with Crippen LogP contribution >= 0.6 is 0 Å². The van der Waals surface area contributed by atoms with Gasteiger partial charge in [0.25, 0.3) is 5.91 Å². The van der Waals surface area contributed by atoms with E-state index in [1.54, 1.807) is 28.5 Å². The smallest absolute Gasteiger partial charge is 0.274 e. The minimum Gasteiger partial charge on any atom is -0.503 e. The lowest BCUT2D eigenvalue weighted by molar-refractivity contribution is 0.0681. The highest BCUT2D eigenvalue weighted by atomic mass is 19.1. The number of amides is 1. The summed E-state index contributed by atoms with van der Waals surface area (Å²) < 4.78 is 14.6. The fourth-order valence-electron chi connectivity index (χ4n) is 2.69. The molecule has 0 atom stereocenters. The average Bonchev–Trinajstić information content (AvgIpc) is 2.49. The van der Waals surface area contributed by atoms with E-state index in [1.807, 2.05) is 0 Å². The van der Waals surface area contributed by atoms with E-state index in [-0.39, 0.29) is 11.5 Å². The monoisotopic (exact) mass is 302 g/mol. The highest BCUT2D eigenvalue weighted by Gasteiger charge is 2.29. The van der Waals surface area contributed by atoms with Crippen LogP contribution in [-0.2, 0) is 13.1 Å². The summed E-state index contributed by atoms with van der Waals surface area (Å²) in [6, 6.07) is 7.22. The quantitative estimate of drug-likeness (QED) is 0.917. The molecule has 6 heteroatoms. The topological polar surface area (TPSA) is 62.5 Å². The maximum Gasteiger partial charge on any atom is 0.274 e.